The van der Waals surface area contributed by atoms with E-state index in [9.17, 15) is 0 Å². The summed E-state index contributed by atoms with van der Waals surface area (Å²) in [6, 6.07) is 12.2. The van der Waals surface area contributed by atoms with Crippen molar-refractivity contribution in [1.29, 1.82) is 10.8 Å². The zero-order chi connectivity index (χ0) is 23.6. The van der Waals surface area contributed by atoms with Crippen LogP contribution in [-0.4, -0.2) is 28.9 Å². The van der Waals surface area contributed by atoms with Crippen molar-refractivity contribution in [2.45, 2.75) is 12.8 Å². The van der Waals surface area contributed by atoms with Gasteiger partial charge in [-0.25, -0.2) is 4.99 Å². The molecule has 3 aromatic rings. The minimum Gasteiger partial charge on any atom is -0.382 e. The number of nitrogens with zero attached hydrogens (tertiary/aromatic N) is 2. The number of anilines is 1. The smallest absolute Gasteiger partial charge is 0.329 e. The monoisotopic (exact) mass is 444 g/mol. The highest BCUT2D eigenvalue weighted by molar-refractivity contribution is 6.12. The second-order valence-corrected chi connectivity index (χ2v) is 7.60. The van der Waals surface area contributed by atoms with Gasteiger partial charge in [0.05, 0.1) is 11.2 Å². The van der Waals surface area contributed by atoms with Gasteiger partial charge in [-0.15, -0.1) is 0 Å². The number of halogens is 2. The van der Waals surface area contributed by atoms with E-state index in [-0.39, 0.29) is 11.3 Å². The van der Waals surface area contributed by atoms with Gasteiger partial charge in [-0.3, -0.25) is 10.4 Å². The maximum absolute atomic E-state index is 15.1. The first-order valence-electron chi connectivity index (χ1n) is 10.2. The summed E-state index contributed by atoms with van der Waals surface area (Å²) < 4.78 is 30.2. The molecule has 0 atom stereocenters. The van der Waals surface area contributed by atoms with Crippen molar-refractivity contribution in [3.63, 3.8) is 0 Å². The van der Waals surface area contributed by atoms with Gasteiger partial charge in [0, 0.05) is 40.5 Å². The average Bonchev–Trinajstić information content (AvgIpc) is 2.82. The van der Waals surface area contributed by atoms with E-state index in [1.54, 1.807) is 31.3 Å². The minimum absolute atomic E-state index is 0.0725. The predicted octanol–water partition coefficient (Wildman–Crippen LogP) is 5.03. The van der Waals surface area contributed by atoms with Gasteiger partial charge in [0.2, 0.25) is 0 Å². The maximum Gasteiger partial charge on any atom is 0.329 e. The Kier molecular flexibility index (Phi) is 5.83. The van der Waals surface area contributed by atoms with Crippen LogP contribution >= 0.6 is 0 Å². The van der Waals surface area contributed by atoms with E-state index in [1.165, 1.54) is 12.1 Å². The van der Waals surface area contributed by atoms with Crippen LogP contribution in [0.2, 0.25) is 0 Å². The number of para-hydroxylation sites is 1. The first-order valence-corrected chi connectivity index (χ1v) is 10.2. The molecule has 1 aromatic heterocycles. The molecule has 0 unspecified atom stereocenters. The van der Waals surface area contributed by atoms with Gasteiger partial charge in [-0.05, 0) is 42.8 Å². The Morgan fingerprint density at radius 2 is 1.97 bits per heavy atom. The molecule has 8 heteroatoms. The van der Waals surface area contributed by atoms with E-state index < -0.39 is 17.6 Å². The molecule has 0 saturated carbocycles. The van der Waals surface area contributed by atoms with E-state index in [4.69, 9.17) is 16.6 Å². The number of nitrogens with two attached hydrogens (primary N) is 1. The number of aliphatic imine (C=N–C) groups is 1. The van der Waals surface area contributed by atoms with Crippen molar-refractivity contribution in [3.05, 3.63) is 89.1 Å². The lowest BCUT2D eigenvalue weighted by Gasteiger charge is -2.23. The molecule has 0 radical (unpaired) electrons. The Morgan fingerprint density at radius 1 is 1.18 bits per heavy atom. The summed E-state index contributed by atoms with van der Waals surface area (Å²) in [6.07, 6.45) is 7.67. The Hall–Kier alpha value is -4.20. The Bertz CT molecular complexity index is 1350. The van der Waals surface area contributed by atoms with Gasteiger partial charge in [-0.1, -0.05) is 36.4 Å². The van der Waals surface area contributed by atoms with Gasteiger partial charge in [-0.2, -0.15) is 8.78 Å². The van der Waals surface area contributed by atoms with Crippen molar-refractivity contribution in [1.82, 2.24) is 4.98 Å². The molecule has 2 heterocycles. The lowest BCUT2D eigenvalue weighted by molar-refractivity contribution is 0.0739. The summed E-state index contributed by atoms with van der Waals surface area (Å²) >= 11 is 0. The molecule has 0 spiro atoms. The van der Waals surface area contributed by atoms with Crippen LogP contribution < -0.4 is 11.1 Å². The number of aromatic nitrogens is 1. The van der Waals surface area contributed by atoms with Gasteiger partial charge < -0.3 is 16.5 Å². The molecule has 0 saturated heterocycles. The summed E-state index contributed by atoms with van der Waals surface area (Å²) in [5.74, 6) is -5.02. The van der Waals surface area contributed by atoms with Crippen molar-refractivity contribution >= 4 is 40.0 Å². The number of allylic oxidation sites excluding steroid dienone is 1. The lowest BCUT2D eigenvalue weighted by atomic mass is 9.94. The van der Waals surface area contributed by atoms with E-state index in [2.05, 4.69) is 15.3 Å². The molecule has 4 rings (SSSR count). The van der Waals surface area contributed by atoms with E-state index in [0.717, 1.165) is 22.7 Å². The molecule has 6 nitrogen and oxygen atoms in total. The third-order valence-corrected chi connectivity index (χ3v) is 5.42. The lowest BCUT2D eigenvalue weighted by Crippen LogP contribution is -2.35. The quantitative estimate of drug-likeness (QED) is 0.327. The number of fused-ring (bicyclic) bond motifs is 2. The van der Waals surface area contributed by atoms with Crippen LogP contribution in [-0.2, 0) is 5.92 Å². The van der Waals surface area contributed by atoms with Crippen LogP contribution in [0.5, 0.6) is 0 Å². The van der Waals surface area contributed by atoms with Crippen molar-refractivity contribution < 1.29 is 8.78 Å². The second kappa shape index (κ2) is 8.74. The molecule has 166 valence electrons. The highest BCUT2D eigenvalue weighted by Gasteiger charge is 2.39. The standard InChI is InChI=1S/C25H22F2N6/c1-15-18-6-4-12-31-22(18)10-8-19(15)25(26,27)24(30)33-23(29)11-9-20(28)17-13-16-5-2-3-7-21(16)32-14-17/h2-11,13-14,28,31H,12H2,1H3,(H3,29,30,33)/b11-9-,28-20?. The molecule has 1 aliphatic heterocycles. The SMILES string of the molecule is Cc1c(C(F)(F)C(N)=NC(=N)/C=C\C(=N)c2cnc3ccccc3c2)ccc2c1C=CCN2. The first kappa shape index (κ1) is 22.0. The molecule has 0 bridgehead atoms. The van der Waals surface area contributed by atoms with Crippen molar-refractivity contribution in [2.75, 3.05) is 11.9 Å². The molecule has 2 aromatic carbocycles. The fourth-order valence-corrected chi connectivity index (χ4v) is 3.64. The van der Waals surface area contributed by atoms with E-state index in [0.29, 0.717) is 23.2 Å². The van der Waals surface area contributed by atoms with Crippen molar-refractivity contribution in [3.8, 4) is 0 Å². The summed E-state index contributed by atoms with van der Waals surface area (Å²) in [7, 11) is 0. The topological polar surface area (TPSA) is 111 Å². The average molecular weight is 444 g/mol. The number of nitrogens with one attached hydrogen (secondary N) is 3. The zero-order valence-corrected chi connectivity index (χ0v) is 17.9. The largest absolute Gasteiger partial charge is 0.382 e. The van der Waals surface area contributed by atoms with Gasteiger partial charge in [0.1, 0.15) is 5.84 Å². The van der Waals surface area contributed by atoms with Crippen LogP contribution in [0.3, 0.4) is 0 Å². The molecular formula is C25H22F2N6. The number of benzene rings is 2. The summed E-state index contributed by atoms with van der Waals surface area (Å²) in [4.78, 5) is 7.89. The van der Waals surface area contributed by atoms with Crippen LogP contribution in [0.25, 0.3) is 17.0 Å². The third-order valence-electron chi connectivity index (χ3n) is 5.42. The van der Waals surface area contributed by atoms with Gasteiger partial charge >= 0.3 is 5.92 Å². The maximum atomic E-state index is 15.1. The normalized spacial score (nSPS) is 13.7. The minimum atomic E-state index is -3.56. The number of hydrogen-bond donors (Lipinski definition) is 4. The molecule has 33 heavy (non-hydrogen) atoms. The molecule has 5 N–H and O–H groups in total. The Balaban J connectivity index is 1.53. The van der Waals surface area contributed by atoms with Crippen LogP contribution in [0.4, 0.5) is 14.5 Å². The summed E-state index contributed by atoms with van der Waals surface area (Å²) in [5, 5.41) is 20.1. The molecule has 0 amide bonds. The third kappa shape index (κ3) is 4.41. The fourth-order valence-electron chi connectivity index (χ4n) is 3.64. The second-order valence-electron chi connectivity index (χ2n) is 7.60. The number of rotatable bonds is 5. The molecular weight excluding hydrogens is 422 g/mol. The highest BCUT2D eigenvalue weighted by Crippen LogP contribution is 2.36. The van der Waals surface area contributed by atoms with Gasteiger partial charge in [0.15, 0.2) is 5.84 Å². The number of alkyl halides is 2. The van der Waals surface area contributed by atoms with Crippen LogP contribution in [0.15, 0.2) is 71.9 Å². The summed E-state index contributed by atoms with van der Waals surface area (Å²) in [6.45, 7) is 2.25. The van der Waals surface area contributed by atoms with Crippen molar-refractivity contribution in [2.24, 2.45) is 10.7 Å². The van der Waals surface area contributed by atoms with Gasteiger partial charge in [0.25, 0.3) is 0 Å². The first-order chi connectivity index (χ1) is 15.8. The highest BCUT2D eigenvalue weighted by atomic mass is 19.3. The predicted molar refractivity (Wildman–Crippen MR) is 130 cm³/mol. The zero-order valence-electron chi connectivity index (χ0n) is 17.9. The Morgan fingerprint density at radius 3 is 2.79 bits per heavy atom. The molecule has 0 aliphatic carbocycles. The number of pyridine rings is 1. The summed E-state index contributed by atoms with van der Waals surface area (Å²) in [5.41, 5.74) is 8.64. The Labute approximate surface area is 189 Å². The molecule has 1 aliphatic rings. The number of amidine groups is 2. The van der Waals surface area contributed by atoms with Crippen LogP contribution in [0, 0.1) is 17.7 Å². The number of hydrogen-bond acceptors (Lipinski definition) is 4. The fraction of sp³-hybridized carbons (Fsp3) is 0.120. The van der Waals surface area contributed by atoms with E-state index in [1.807, 2.05) is 30.3 Å². The molecule has 0 fully saturated rings. The van der Waals surface area contributed by atoms with Crippen LogP contribution in [0.1, 0.15) is 22.3 Å². The van der Waals surface area contributed by atoms with E-state index >= 15 is 8.78 Å².